The average molecular weight is 650 g/mol. The smallest absolute Gasteiger partial charge is 0.352 e. The van der Waals surface area contributed by atoms with Crippen LogP contribution in [-0.4, -0.2) is 118 Å². The van der Waals surface area contributed by atoms with Crippen molar-refractivity contribution < 1.29 is 33.9 Å². The Morgan fingerprint density at radius 1 is 1.21 bits per heavy atom. The van der Waals surface area contributed by atoms with Crippen LogP contribution in [0.15, 0.2) is 33.9 Å². The van der Waals surface area contributed by atoms with E-state index in [1.54, 1.807) is 31.5 Å². The summed E-state index contributed by atoms with van der Waals surface area (Å²) in [5.41, 5.74) is 0.373. The summed E-state index contributed by atoms with van der Waals surface area (Å²) < 4.78 is 1.46. The Morgan fingerprint density at radius 2 is 1.98 bits per heavy atom. The molecule has 0 aromatic carbocycles. The van der Waals surface area contributed by atoms with Crippen LogP contribution in [0.3, 0.4) is 0 Å². The van der Waals surface area contributed by atoms with Crippen molar-refractivity contribution in [2.24, 2.45) is 7.05 Å². The molecule has 3 aliphatic heterocycles. The molecule has 5 heterocycles. The first-order chi connectivity index (χ1) is 20.5. The van der Waals surface area contributed by atoms with Gasteiger partial charge >= 0.3 is 23.8 Å². The van der Waals surface area contributed by atoms with Crippen LogP contribution < -0.4 is 10.6 Å². The summed E-state index contributed by atoms with van der Waals surface area (Å²) in [6, 6.07) is 0.0550. The number of urea groups is 1. The first-order valence-corrected chi connectivity index (χ1v) is 15.9. The van der Waals surface area contributed by atoms with Crippen LogP contribution in [0.1, 0.15) is 24.8 Å². The number of nitrogens with zero attached hydrogens (tertiary/aromatic N) is 7. The van der Waals surface area contributed by atoms with Gasteiger partial charge in [0.25, 0.3) is 5.91 Å². The molecular formula is C24H27N9O7S3. The number of aromatic nitrogens is 4. The molecule has 2 saturated heterocycles. The largest absolute Gasteiger partial charge is 0.477 e. The molecule has 2 unspecified atom stereocenters. The number of tetrazole rings is 1. The Kier molecular flexibility index (Phi) is 8.74. The van der Waals surface area contributed by atoms with Crippen molar-refractivity contribution in [2.45, 2.75) is 41.7 Å². The highest BCUT2D eigenvalue weighted by Gasteiger charge is 2.56. The number of nitrogens with one attached hydrogen (secondary N) is 2. The lowest BCUT2D eigenvalue weighted by Gasteiger charge is -2.51. The Balaban J connectivity index is 1.31. The van der Waals surface area contributed by atoms with Gasteiger partial charge < -0.3 is 20.6 Å². The zero-order valence-electron chi connectivity index (χ0n) is 23.1. The van der Waals surface area contributed by atoms with E-state index in [2.05, 4.69) is 26.2 Å². The maximum absolute atomic E-state index is 13.5. The molecule has 0 aliphatic carbocycles. The normalized spacial score (nSPS) is 22.7. The van der Waals surface area contributed by atoms with E-state index < -0.39 is 53.1 Å². The van der Waals surface area contributed by atoms with Gasteiger partial charge in [0.2, 0.25) is 11.1 Å². The van der Waals surface area contributed by atoms with E-state index in [9.17, 15) is 33.9 Å². The number of likely N-dealkylation sites (N-methyl/N-ethyl adjacent to an activating group) is 1. The Bertz CT molecular complexity index is 1510. The Morgan fingerprint density at radius 3 is 2.60 bits per heavy atom. The van der Waals surface area contributed by atoms with Crippen molar-refractivity contribution >= 4 is 70.5 Å². The summed E-state index contributed by atoms with van der Waals surface area (Å²) >= 11 is 3.75. The number of β-lactam (4-membered cyclic amide) rings is 1. The second-order valence-electron chi connectivity index (χ2n) is 9.66. The molecule has 43 heavy (non-hydrogen) atoms. The zero-order chi connectivity index (χ0) is 31.0. The minimum absolute atomic E-state index is 0.0339. The number of amides is 6. The second kappa shape index (κ2) is 12.3. The van der Waals surface area contributed by atoms with Crippen LogP contribution in [-0.2, 0) is 31.0 Å². The van der Waals surface area contributed by atoms with Gasteiger partial charge in [0.1, 0.15) is 23.2 Å². The Labute approximate surface area is 257 Å². The monoisotopic (exact) mass is 649 g/mol. The van der Waals surface area contributed by atoms with Crippen molar-refractivity contribution in [3.8, 4) is 0 Å². The molecule has 0 saturated carbocycles. The summed E-state index contributed by atoms with van der Waals surface area (Å²) in [5, 5.41) is 27.7. The quantitative estimate of drug-likeness (QED) is 0.181. The number of carboxylic acid groups (broad SMARTS) is 1. The molecule has 0 radical (unpaired) electrons. The molecule has 4 atom stereocenters. The zero-order valence-corrected chi connectivity index (χ0v) is 25.6. The summed E-state index contributed by atoms with van der Waals surface area (Å²) in [4.78, 5) is 80.7. The number of hydrogen-bond donors (Lipinski definition) is 3. The van der Waals surface area contributed by atoms with Gasteiger partial charge in [0.05, 0.1) is 0 Å². The van der Waals surface area contributed by atoms with Gasteiger partial charge in [-0.05, 0) is 41.3 Å². The highest BCUT2D eigenvalue weighted by molar-refractivity contribution is 8.01. The van der Waals surface area contributed by atoms with E-state index in [1.165, 1.54) is 49.3 Å². The molecule has 2 aromatic rings. The number of rotatable bonds is 9. The molecule has 228 valence electrons. The van der Waals surface area contributed by atoms with Crippen LogP contribution >= 0.6 is 34.9 Å². The van der Waals surface area contributed by atoms with Gasteiger partial charge in [-0.1, -0.05) is 17.8 Å². The van der Waals surface area contributed by atoms with Crippen molar-refractivity contribution in [1.29, 1.82) is 0 Å². The highest BCUT2D eigenvalue weighted by Crippen LogP contribution is 2.45. The standard InChI is InChI=1S/C24H27N9O7S3/c1-4-31-7-8-32(20(37)19(31)36)23(40)26-14(13-6-5-9-41-13)17(34)25-15-18(35)33-16(22(38)39)12(11(2)43-21(15)33)10-42-24-27-28-29-30(24)3/h5-6,9,11,14-15,21H,4,7-8,10H2,1-3H3,(H,25,34)(H,26,40)(H,38,39)/t11-,14?,15?,21+/m0/s1. The number of thiophene rings is 1. The minimum Gasteiger partial charge on any atom is -0.477 e. The second-order valence-corrected chi connectivity index (χ2v) is 13.0. The third-order valence-corrected chi connectivity index (χ3v) is 10.6. The van der Waals surface area contributed by atoms with Crippen molar-refractivity contribution in [2.75, 3.05) is 25.4 Å². The molecule has 3 aliphatic rings. The summed E-state index contributed by atoms with van der Waals surface area (Å²) in [6.45, 7) is 4.00. The number of piperazine rings is 1. The van der Waals surface area contributed by atoms with Crippen LogP contribution in [0.25, 0.3) is 0 Å². The number of fused-ring (bicyclic) bond motifs is 1. The minimum atomic E-state index is -1.27. The lowest BCUT2D eigenvalue weighted by Crippen LogP contribution is -2.71. The molecule has 16 nitrogen and oxygen atoms in total. The number of imide groups is 1. The van der Waals surface area contributed by atoms with Crippen molar-refractivity contribution in [3.63, 3.8) is 0 Å². The van der Waals surface area contributed by atoms with Gasteiger partial charge in [0.15, 0.2) is 0 Å². The first-order valence-electron chi connectivity index (χ1n) is 13.1. The van der Waals surface area contributed by atoms with Gasteiger partial charge in [-0.25, -0.2) is 14.3 Å². The van der Waals surface area contributed by atoms with Crippen LogP contribution in [0.5, 0.6) is 0 Å². The third kappa shape index (κ3) is 5.70. The number of carbonyl (C=O) groups is 6. The SMILES string of the molecule is CCN1CCN(C(=O)NC(C(=O)NC2C(=O)N3C(C(=O)O)=C(CSc4nnnn4C)[C@H](C)S[C@H]23)c2cccs2)C(=O)C1=O. The van der Waals surface area contributed by atoms with E-state index in [4.69, 9.17) is 0 Å². The van der Waals surface area contributed by atoms with Crippen LogP contribution in [0, 0.1) is 0 Å². The molecular weight excluding hydrogens is 623 g/mol. The van der Waals surface area contributed by atoms with E-state index >= 15 is 0 Å². The number of aryl methyl sites for hydroxylation is 1. The lowest BCUT2D eigenvalue weighted by atomic mass is 10.0. The number of aliphatic carboxylic acids is 1. The number of carbonyl (C=O) groups excluding carboxylic acids is 5. The fourth-order valence-corrected chi connectivity index (χ4v) is 8.17. The lowest BCUT2D eigenvalue weighted by molar-refractivity contribution is -0.153. The summed E-state index contributed by atoms with van der Waals surface area (Å²) in [6.07, 6.45) is 0. The fourth-order valence-electron chi connectivity index (χ4n) is 4.85. The van der Waals surface area contributed by atoms with Crippen LogP contribution in [0.2, 0.25) is 0 Å². The molecule has 0 bridgehead atoms. The highest BCUT2D eigenvalue weighted by atomic mass is 32.2. The molecule has 5 rings (SSSR count). The van der Waals surface area contributed by atoms with E-state index in [0.717, 1.165) is 4.90 Å². The van der Waals surface area contributed by atoms with E-state index in [1.807, 2.05) is 6.92 Å². The summed E-state index contributed by atoms with van der Waals surface area (Å²) in [5.74, 6) is -4.16. The molecule has 19 heteroatoms. The molecule has 2 fully saturated rings. The van der Waals surface area contributed by atoms with Gasteiger partial charge in [-0.15, -0.1) is 28.2 Å². The Hall–Kier alpha value is -3.97. The fraction of sp³-hybridized carbons (Fsp3) is 0.458. The topological polar surface area (TPSA) is 200 Å². The molecule has 0 spiro atoms. The van der Waals surface area contributed by atoms with Crippen molar-refractivity contribution in [1.82, 2.24) is 45.5 Å². The van der Waals surface area contributed by atoms with E-state index in [0.29, 0.717) is 22.2 Å². The maximum atomic E-state index is 13.5. The predicted octanol–water partition coefficient (Wildman–Crippen LogP) is -0.368. The first kappa shape index (κ1) is 30.5. The number of hydrogen-bond acceptors (Lipinski definition) is 12. The van der Waals surface area contributed by atoms with E-state index in [-0.39, 0.29) is 29.8 Å². The number of carboxylic acids is 1. The number of thioether (sulfide) groups is 2. The summed E-state index contributed by atoms with van der Waals surface area (Å²) in [7, 11) is 1.66. The molecule has 6 amide bonds. The van der Waals surface area contributed by atoms with Crippen LogP contribution in [0.4, 0.5) is 4.79 Å². The average Bonchev–Trinajstić information content (AvgIpc) is 3.66. The molecule has 2 aromatic heterocycles. The third-order valence-electron chi connectivity index (χ3n) is 7.15. The van der Waals surface area contributed by atoms with Crippen molar-refractivity contribution in [3.05, 3.63) is 33.7 Å². The van der Waals surface area contributed by atoms with Gasteiger partial charge in [-0.2, -0.15) is 0 Å². The molecule has 3 N–H and O–H groups in total. The van der Waals surface area contributed by atoms with Gasteiger partial charge in [0, 0.05) is 42.6 Å². The maximum Gasteiger partial charge on any atom is 0.352 e. The van der Waals surface area contributed by atoms with Gasteiger partial charge in [-0.3, -0.25) is 29.0 Å². The predicted molar refractivity (Wildman–Crippen MR) is 153 cm³/mol.